The van der Waals surface area contributed by atoms with Gasteiger partial charge < -0.3 is 10.1 Å². The topological polar surface area (TPSA) is 45.0 Å². The molecule has 0 bridgehead atoms. The normalized spacial score (nSPS) is 16.8. The molecule has 1 saturated heterocycles. The number of nitrogens with zero attached hydrogens (tertiary/aromatic N) is 1. The minimum atomic E-state index is 0.244. The molecule has 0 radical (unpaired) electrons. The molecule has 0 aliphatic carbocycles. The van der Waals surface area contributed by atoms with Crippen molar-refractivity contribution >= 4 is 11.6 Å². The smallest absolute Gasteiger partial charge is 0.121 e. The fraction of sp³-hybridized carbons (Fsp3) is 0.417. The van der Waals surface area contributed by atoms with Crippen LogP contribution in [0.4, 0.5) is 0 Å². The van der Waals surface area contributed by atoms with Gasteiger partial charge in [0.15, 0.2) is 0 Å². The monoisotopic (exact) mass is 236 g/mol. The molecule has 2 rings (SSSR count). The maximum absolute atomic E-state index is 8.85. The molecule has 1 N–H and O–H groups in total. The summed E-state index contributed by atoms with van der Waals surface area (Å²) in [7, 11) is 0. The van der Waals surface area contributed by atoms with E-state index in [2.05, 4.69) is 5.32 Å². The van der Waals surface area contributed by atoms with Gasteiger partial charge in [-0.05, 0) is 44.1 Å². The Labute approximate surface area is 100.0 Å². The van der Waals surface area contributed by atoms with E-state index in [1.807, 2.05) is 12.1 Å². The minimum absolute atomic E-state index is 0.244. The Balaban J connectivity index is 2.06. The van der Waals surface area contributed by atoms with E-state index < -0.39 is 0 Å². The van der Waals surface area contributed by atoms with Crippen molar-refractivity contribution in [1.29, 1.82) is 5.26 Å². The van der Waals surface area contributed by atoms with Gasteiger partial charge in [0.25, 0.3) is 0 Å². The largest absolute Gasteiger partial charge is 0.490 e. The van der Waals surface area contributed by atoms with E-state index in [9.17, 15) is 0 Å². The van der Waals surface area contributed by atoms with Crippen molar-refractivity contribution in [3.63, 3.8) is 0 Å². The van der Waals surface area contributed by atoms with Crippen LogP contribution in [0, 0.1) is 11.3 Å². The van der Waals surface area contributed by atoms with Crippen LogP contribution in [0.5, 0.6) is 5.75 Å². The highest BCUT2D eigenvalue weighted by molar-refractivity contribution is 6.31. The molecule has 0 unspecified atom stereocenters. The van der Waals surface area contributed by atoms with Crippen molar-refractivity contribution in [2.24, 2.45) is 0 Å². The van der Waals surface area contributed by atoms with Crippen molar-refractivity contribution < 1.29 is 4.74 Å². The second kappa shape index (κ2) is 5.20. The van der Waals surface area contributed by atoms with E-state index in [1.54, 1.807) is 12.1 Å². The Morgan fingerprint density at radius 3 is 2.81 bits per heavy atom. The molecule has 1 heterocycles. The Kier molecular flexibility index (Phi) is 3.66. The Bertz CT molecular complexity index is 408. The molecule has 1 aliphatic rings. The zero-order valence-electron chi connectivity index (χ0n) is 8.87. The summed E-state index contributed by atoms with van der Waals surface area (Å²) in [6, 6.07) is 7.26. The van der Waals surface area contributed by atoms with Gasteiger partial charge in [-0.1, -0.05) is 11.6 Å². The lowest BCUT2D eigenvalue weighted by Crippen LogP contribution is -2.34. The van der Waals surface area contributed by atoms with Gasteiger partial charge in [-0.15, -0.1) is 0 Å². The molecule has 1 fully saturated rings. The first-order chi connectivity index (χ1) is 7.79. The highest BCUT2D eigenvalue weighted by Gasteiger charge is 2.14. The molecule has 4 heteroatoms. The summed E-state index contributed by atoms with van der Waals surface area (Å²) in [6.45, 7) is 1.98. The lowest BCUT2D eigenvalue weighted by molar-refractivity contribution is 0.162. The Morgan fingerprint density at radius 2 is 2.12 bits per heavy atom. The first-order valence-corrected chi connectivity index (χ1v) is 5.74. The van der Waals surface area contributed by atoms with Gasteiger partial charge in [-0.2, -0.15) is 5.26 Å². The van der Waals surface area contributed by atoms with Gasteiger partial charge in [0.05, 0.1) is 10.6 Å². The molecule has 1 aromatic carbocycles. The average Bonchev–Trinajstić information content (AvgIpc) is 2.33. The lowest BCUT2D eigenvalue weighted by atomic mass is 10.1. The van der Waals surface area contributed by atoms with Gasteiger partial charge in [0.1, 0.15) is 17.9 Å². The van der Waals surface area contributed by atoms with Gasteiger partial charge in [-0.25, -0.2) is 0 Å². The number of rotatable bonds is 2. The molecule has 1 aliphatic heterocycles. The summed E-state index contributed by atoms with van der Waals surface area (Å²) in [5.41, 5.74) is 0.466. The summed E-state index contributed by atoms with van der Waals surface area (Å²) in [6.07, 6.45) is 2.25. The highest BCUT2D eigenvalue weighted by atomic mass is 35.5. The molecule has 16 heavy (non-hydrogen) atoms. The number of nitriles is 1. The molecule has 0 saturated carbocycles. The molecular formula is C12H13ClN2O. The summed E-state index contributed by atoms with van der Waals surface area (Å²) >= 11 is 5.85. The van der Waals surface area contributed by atoms with Crippen LogP contribution in [0.3, 0.4) is 0 Å². The third-order valence-electron chi connectivity index (χ3n) is 2.65. The summed E-state index contributed by atoms with van der Waals surface area (Å²) < 4.78 is 5.80. The van der Waals surface area contributed by atoms with Crippen LogP contribution in [-0.2, 0) is 0 Å². The summed E-state index contributed by atoms with van der Waals surface area (Å²) in [5.74, 6) is 0.729. The first kappa shape index (κ1) is 11.3. The van der Waals surface area contributed by atoms with Gasteiger partial charge in [0, 0.05) is 0 Å². The number of hydrogen-bond acceptors (Lipinski definition) is 3. The van der Waals surface area contributed by atoms with Crippen LogP contribution in [0.15, 0.2) is 18.2 Å². The average molecular weight is 237 g/mol. The highest BCUT2D eigenvalue weighted by Crippen LogP contribution is 2.23. The van der Waals surface area contributed by atoms with Crippen molar-refractivity contribution in [2.75, 3.05) is 13.1 Å². The summed E-state index contributed by atoms with van der Waals surface area (Å²) in [5, 5.41) is 12.6. The standard InChI is InChI=1S/C12H13ClN2O/c13-12-2-1-11(7-9(12)8-14)16-10-3-5-15-6-4-10/h1-2,7,10,15H,3-6H2. The molecule has 3 nitrogen and oxygen atoms in total. The zero-order valence-corrected chi connectivity index (χ0v) is 9.63. The third-order valence-corrected chi connectivity index (χ3v) is 2.98. The second-order valence-corrected chi connectivity index (χ2v) is 4.23. The van der Waals surface area contributed by atoms with Crippen LogP contribution in [0.25, 0.3) is 0 Å². The number of piperidine rings is 1. The fourth-order valence-corrected chi connectivity index (χ4v) is 1.93. The Morgan fingerprint density at radius 1 is 1.38 bits per heavy atom. The van der Waals surface area contributed by atoms with Crippen LogP contribution in [0.1, 0.15) is 18.4 Å². The van der Waals surface area contributed by atoms with E-state index >= 15 is 0 Å². The van der Waals surface area contributed by atoms with E-state index in [0.29, 0.717) is 10.6 Å². The van der Waals surface area contributed by atoms with Crippen molar-refractivity contribution in [3.8, 4) is 11.8 Å². The minimum Gasteiger partial charge on any atom is -0.490 e. The first-order valence-electron chi connectivity index (χ1n) is 5.36. The predicted octanol–water partition coefficient (Wildman–Crippen LogP) is 2.34. The second-order valence-electron chi connectivity index (χ2n) is 3.82. The molecule has 0 aromatic heterocycles. The maximum atomic E-state index is 8.85. The van der Waals surface area contributed by atoms with Crippen LogP contribution in [0.2, 0.25) is 5.02 Å². The van der Waals surface area contributed by atoms with Crippen molar-refractivity contribution in [1.82, 2.24) is 5.32 Å². The lowest BCUT2D eigenvalue weighted by Gasteiger charge is -2.23. The van der Waals surface area contributed by atoms with Crippen molar-refractivity contribution in [3.05, 3.63) is 28.8 Å². The van der Waals surface area contributed by atoms with Gasteiger partial charge in [0.2, 0.25) is 0 Å². The van der Waals surface area contributed by atoms with Crippen LogP contribution >= 0.6 is 11.6 Å². The number of nitrogens with one attached hydrogen (secondary N) is 1. The molecule has 0 spiro atoms. The Hall–Kier alpha value is -1.24. The molecular weight excluding hydrogens is 224 g/mol. The van der Waals surface area contributed by atoms with Gasteiger partial charge in [-0.3, -0.25) is 0 Å². The molecule has 1 aromatic rings. The maximum Gasteiger partial charge on any atom is 0.121 e. The molecule has 84 valence electrons. The van der Waals surface area contributed by atoms with Crippen molar-refractivity contribution in [2.45, 2.75) is 18.9 Å². The third kappa shape index (κ3) is 2.66. The van der Waals surface area contributed by atoms with E-state index in [0.717, 1.165) is 31.7 Å². The number of halogens is 1. The van der Waals surface area contributed by atoms with Crippen LogP contribution in [-0.4, -0.2) is 19.2 Å². The quantitative estimate of drug-likeness (QED) is 0.857. The molecule has 0 atom stereocenters. The predicted molar refractivity (Wildman–Crippen MR) is 62.7 cm³/mol. The fourth-order valence-electron chi connectivity index (χ4n) is 1.77. The summed E-state index contributed by atoms with van der Waals surface area (Å²) in [4.78, 5) is 0. The number of ether oxygens (including phenoxy) is 1. The van der Waals surface area contributed by atoms with E-state index in [4.69, 9.17) is 21.6 Å². The number of benzene rings is 1. The van der Waals surface area contributed by atoms with Crippen LogP contribution < -0.4 is 10.1 Å². The SMILES string of the molecule is N#Cc1cc(OC2CCNCC2)ccc1Cl. The van der Waals surface area contributed by atoms with Gasteiger partial charge >= 0.3 is 0 Å². The zero-order chi connectivity index (χ0) is 11.4. The molecule has 0 amide bonds. The van der Waals surface area contributed by atoms with E-state index in [-0.39, 0.29) is 6.10 Å². The van der Waals surface area contributed by atoms with E-state index in [1.165, 1.54) is 0 Å². The number of hydrogen-bond donors (Lipinski definition) is 1.